The van der Waals surface area contributed by atoms with Crippen LogP contribution in [0.2, 0.25) is 0 Å². The van der Waals surface area contributed by atoms with Gasteiger partial charge in [0, 0.05) is 17.9 Å². The van der Waals surface area contributed by atoms with E-state index in [2.05, 4.69) is 0 Å². The molecule has 0 saturated carbocycles. The van der Waals surface area contributed by atoms with Gasteiger partial charge in [-0.25, -0.2) is 0 Å². The summed E-state index contributed by atoms with van der Waals surface area (Å²) < 4.78 is 0. The predicted molar refractivity (Wildman–Crippen MR) is 41.1 cm³/mol. The summed E-state index contributed by atoms with van der Waals surface area (Å²) in [6, 6.07) is 0. The molecule has 0 aromatic heterocycles. The zero-order chi connectivity index (χ0) is 13.1. The van der Waals surface area contributed by atoms with Crippen LogP contribution in [0.3, 0.4) is 0 Å². The number of hydrogen-bond acceptors (Lipinski definition) is 7. The summed E-state index contributed by atoms with van der Waals surface area (Å²) in [6.07, 6.45) is -1.71. The van der Waals surface area contributed by atoms with Crippen molar-refractivity contribution in [2.75, 3.05) is 0 Å². The van der Waals surface area contributed by atoms with Crippen LogP contribution in [0.15, 0.2) is 0 Å². The second kappa shape index (κ2) is 21.2. The van der Waals surface area contributed by atoms with Crippen molar-refractivity contribution in [1.29, 1.82) is 0 Å². The van der Waals surface area contributed by atoms with Gasteiger partial charge < -0.3 is 34.8 Å². The smallest absolute Gasteiger partial charge is 0.550 e. The van der Waals surface area contributed by atoms with E-state index in [9.17, 15) is 34.5 Å². The van der Waals surface area contributed by atoms with E-state index in [0.29, 0.717) is 0 Å². The molecule has 0 bridgehead atoms. The second-order valence-corrected chi connectivity index (χ2v) is 2.51. The van der Waals surface area contributed by atoms with Crippen molar-refractivity contribution < 1.29 is 128 Å². The van der Waals surface area contributed by atoms with Crippen LogP contribution in [-0.2, 0) is 19.2 Å². The van der Waals surface area contributed by atoms with Gasteiger partial charge in [-0.3, -0.25) is 4.79 Å². The van der Waals surface area contributed by atoms with Crippen molar-refractivity contribution >= 4 is 23.9 Å². The van der Waals surface area contributed by atoms with E-state index >= 15 is 0 Å². The van der Waals surface area contributed by atoms with Crippen LogP contribution in [0, 0.1) is 0 Å². The minimum Gasteiger partial charge on any atom is -0.550 e. The molecule has 0 fully saturated rings. The van der Waals surface area contributed by atoms with Gasteiger partial charge in [-0.05, 0) is 19.3 Å². The SMILES string of the molecule is O=C([O-])CCC(=O)O.O=C([O-])CCC(=O)[O-].[Na+].[Na+].[Na+]. The van der Waals surface area contributed by atoms with Crippen LogP contribution in [0.4, 0.5) is 0 Å². The van der Waals surface area contributed by atoms with Gasteiger partial charge in [-0.1, -0.05) is 0 Å². The maximum Gasteiger partial charge on any atom is 1.00 e. The van der Waals surface area contributed by atoms with E-state index in [0.717, 1.165) is 0 Å². The van der Waals surface area contributed by atoms with E-state index in [1.54, 1.807) is 0 Å². The Morgan fingerprint density at radius 3 is 0.947 bits per heavy atom. The van der Waals surface area contributed by atoms with Gasteiger partial charge in [0.1, 0.15) is 0 Å². The van der Waals surface area contributed by atoms with Gasteiger partial charge in [-0.2, -0.15) is 0 Å². The Morgan fingerprint density at radius 1 is 0.632 bits per heavy atom. The van der Waals surface area contributed by atoms with Crippen molar-refractivity contribution in [3.63, 3.8) is 0 Å². The molecule has 0 unspecified atom stereocenters. The number of carbonyl (C=O) groups is 4. The first kappa shape index (κ1) is 32.0. The molecule has 0 atom stereocenters. The third-order valence-electron chi connectivity index (χ3n) is 1.08. The Hall–Kier alpha value is 0.880. The average molecular weight is 302 g/mol. The molecule has 1 N–H and O–H groups in total. The molecule has 0 heterocycles. The third-order valence-corrected chi connectivity index (χ3v) is 1.08. The molecule has 0 saturated heterocycles. The van der Waals surface area contributed by atoms with Crippen LogP contribution in [0.5, 0.6) is 0 Å². The van der Waals surface area contributed by atoms with E-state index < -0.39 is 43.1 Å². The van der Waals surface area contributed by atoms with Gasteiger partial charge in [0.2, 0.25) is 0 Å². The van der Waals surface area contributed by atoms with E-state index in [-0.39, 0.29) is 95.1 Å². The molecule has 0 aliphatic heterocycles. The Labute approximate surface area is 175 Å². The van der Waals surface area contributed by atoms with Gasteiger partial charge in [-0.15, -0.1) is 0 Å². The molecule has 0 amide bonds. The molecule has 11 heteroatoms. The summed E-state index contributed by atoms with van der Waals surface area (Å²) in [5, 5.41) is 36.4. The van der Waals surface area contributed by atoms with E-state index in [1.165, 1.54) is 0 Å². The largest absolute Gasteiger partial charge is 1.00 e. The molecule has 0 spiro atoms. The van der Waals surface area contributed by atoms with Crippen LogP contribution < -0.4 is 104 Å². The number of carboxylic acid groups (broad SMARTS) is 4. The van der Waals surface area contributed by atoms with Crippen molar-refractivity contribution in [3.8, 4) is 0 Å². The molecule has 0 radical (unpaired) electrons. The molecule has 0 aromatic rings. The van der Waals surface area contributed by atoms with Crippen LogP contribution in [-0.4, -0.2) is 29.0 Å². The van der Waals surface area contributed by atoms with Crippen LogP contribution in [0.1, 0.15) is 25.7 Å². The van der Waals surface area contributed by atoms with Crippen molar-refractivity contribution in [2.24, 2.45) is 0 Å². The molecular formula is C8H9Na3O8. The molecular weight excluding hydrogens is 293 g/mol. The number of aliphatic carboxylic acids is 4. The minimum atomic E-state index is -1.37. The molecule has 8 nitrogen and oxygen atoms in total. The molecule has 0 aliphatic carbocycles. The van der Waals surface area contributed by atoms with Crippen molar-refractivity contribution in [2.45, 2.75) is 25.7 Å². The number of hydrogen-bond donors (Lipinski definition) is 1. The standard InChI is InChI=1S/2C4H6O4.3Na/c2*5-3(6)1-2-4(7)8;;;/h2*1-2H2,(H,5,6)(H,7,8);;;/q;;3*+1/p-3. The maximum absolute atomic E-state index is 9.61. The first-order valence-corrected chi connectivity index (χ1v) is 4.07. The molecule has 0 rings (SSSR count). The Kier molecular flexibility index (Phi) is 35.7. The van der Waals surface area contributed by atoms with Crippen molar-refractivity contribution in [1.82, 2.24) is 0 Å². The molecule has 92 valence electrons. The number of carbonyl (C=O) groups excluding carboxylic acids is 3. The topological polar surface area (TPSA) is 158 Å². The summed E-state index contributed by atoms with van der Waals surface area (Å²) >= 11 is 0. The van der Waals surface area contributed by atoms with Crippen molar-refractivity contribution in [3.05, 3.63) is 0 Å². The monoisotopic (exact) mass is 302 g/mol. The third kappa shape index (κ3) is 45.4. The summed E-state index contributed by atoms with van der Waals surface area (Å²) in [5.41, 5.74) is 0. The molecule has 0 aromatic carbocycles. The van der Waals surface area contributed by atoms with E-state index in [4.69, 9.17) is 5.11 Å². The summed E-state index contributed by atoms with van der Waals surface area (Å²) in [7, 11) is 0. The van der Waals surface area contributed by atoms with Crippen LogP contribution in [0.25, 0.3) is 0 Å². The maximum atomic E-state index is 9.61. The number of carboxylic acids is 4. The Balaban J connectivity index is -0.0000000594. The van der Waals surface area contributed by atoms with Gasteiger partial charge in [0.05, 0.1) is 6.42 Å². The van der Waals surface area contributed by atoms with Gasteiger partial charge in [0.25, 0.3) is 0 Å². The average Bonchev–Trinajstić information content (AvgIpc) is 2.12. The van der Waals surface area contributed by atoms with E-state index in [1.807, 2.05) is 0 Å². The zero-order valence-electron chi connectivity index (χ0n) is 11.1. The Morgan fingerprint density at radius 2 is 0.842 bits per heavy atom. The normalized spacial score (nSPS) is 7.16. The fourth-order valence-corrected chi connectivity index (χ4v) is 0.413. The number of rotatable bonds is 6. The van der Waals surface area contributed by atoms with Crippen LogP contribution >= 0.6 is 0 Å². The van der Waals surface area contributed by atoms with Gasteiger partial charge >= 0.3 is 94.6 Å². The van der Waals surface area contributed by atoms with Gasteiger partial charge in [0.15, 0.2) is 0 Å². The predicted octanol–water partition coefficient (Wildman–Crippen LogP) is -13.1. The fourth-order valence-electron chi connectivity index (χ4n) is 0.413. The second-order valence-electron chi connectivity index (χ2n) is 2.51. The quantitative estimate of drug-likeness (QED) is 0.473. The first-order chi connectivity index (χ1) is 7.25. The molecule has 0 aliphatic rings. The summed E-state index contributed by atoms with van der Waals surface area (Å²) in [6.45, 7) is 0. The first-order valence-electron chi connectivity index (χ1n) is 4.07. The zero-order valence-corrected chi connectivity index (χ0v) is 17.1. The minimum absolute atomic E-state index is 0. The Bertz CT molecular complexity index is 225. The summed E-state index contributed by atoms with van der Waals surface area (Å²) in [5.74, 6) is -5.18. The summed E-state index contributed by atoms with van der Waals surface area (Å²) in [4.78, 5) is 38.1. The molecule has 19 heavy (non-hydrogen) atoms. The fraction of sp³-hybridized carbons (Fsp3) is 0.500.